The summed E-state index contributed by atoms with van der Waals surface area (Å²) in [5.41, 5.74) is 6.15. The Morgan fingerprint density at radius 3 is 1.92 bits per heavy atom. The number of hydrogen-bond donors (Lipinski definition) is 0. The van der Waals surface area contributed by atoms with Gasteiger partial charge in [-0.25, -0.2) is 9.59 Å². The molecule has 1 aliphatic carbocycles. The molecule has 0 heterocycles. The third-order valence-corrected chi connectivity index (χ3v) is 6.63. The van der Waals surface area contributed by atoms with Crippen molar-refractivity contribution in [2.45, 2.75) is 58.1 Å². The molecule has 0 fully saturated rings. The van der Waals surface area contributed by atoms with Gasteiger partial charge in [0.1, 0.15) is 18.2 Å². The van der Waals surface area contributed by atoms with Crippen LogP contribution in [0.25, 0.3) is 11.1 Å². The van der Waals surface area contributed by atoms with E-state index in [-0.39, 0.29) is 12.5 Å². The van der Waals surface area contributed by atoms with E-state index in [0.29, 0.717) is 6.42 Å². The van der Waals surface area contributed by atoms with Crippen molar-refractivity contribution in [2.24, 2.45) is 0 Å². The molecule has 1 atom stereocenters. The first-order valence-corrected chi connectivity index (χ1v) is 12.6. The number of carbonyl (C=O) groups excluding carboxylic acids is 2. The van der Waals surface area contributed by atoms with Crippen molar-refractivity contribution in [1.82, 2.24) is 4.90 Å². The monoisotopic (exact) mass is 485 g/mol. The maximum atomic E-state index is 13.2. The molecule has 0 aliphatic heterocycles. The topological polar surface area (TPSA) is 55.8 Å². The number of amides is 1. The van der Waals surface area contributed by atoms with E-state index in [2.05, 4.69) is 43.3 Å². The molecule has 0 spiro atoms. The lowest BCUT2D eigenvalue weighted by Crippen LogP contribution is -2.47. The van der Waals surface area contributed by atoms with Gasteiger partial charge in [-0.3, -0.25) is 4.90 Å². The van der Waals surface area contributed by atoms with Crippen LogP contribution < -0.4 is 0 Å². The first kappa shape index (κ1) is 25.5. The summed E-state index contributed by atoms with van der Waals surface area (Å²) in [6.07, 6.45) is 0.743. The van der Waals surface area contributed by atoms with Gasteiger partial charge in [0.05, 0.1) is 0 Å². The van der Waals surface area contributed by atoms with E-state index in [4.69, 9.17) is 9.47 Å². The largest absolute Gasteiger partial charge is 0.458 e. The van der Waals surface area contributed by atoms with Gasteiger partial charge in [0.15, 0.2) is 0 Å². The number of aryl methyl sites for hydroxylation is 1. The molecule has 1 unspecified atom stereocenters. The number of likely N-dealkylation sites (N-methyl/N-ethyl adjacent to an activating group) is 1. The lowest BCUT2D eigenvalue weighted by Gasteiger charge is -2.30. The summed E-state index contributed by atoms with van der Waals surface area (Å²) in [5.74, 6) is -0.491. The molecule has 36 heavy (non-hydrogen) atoms. The van der Waals surface area contributed by atoms with Crippen molar-refractivity contribution in [3.05, 3.63) is 95.1 Å². The van der Waals surface area contributed by atoms with Crippen molar-refractivity contribution < 1.29 is 19.1 Å². The van der Waals surface area contributed by atoms with Crippen LogP contribution in [0.5, 0.6) is 0 Å². The number of carbonyl (C=O) groups is 2. The number of esters is 1. The van der Waals surface area contributed by atoms with Gasteiger partial charge < -0.3 is 9.47 Å². The molecule has 0 N–H and O–H groups in total. The summed E-state index contributed by atoms with van der Waals surface area (Å²) < 4.78 is 11.5. The molecule has 0 bridgehead atoms. The van der Waals surface area contributed by atoms with Gasteiger partial charge in [0.2, 0.25) is 0 Å². The van der Waals surface area contributed by atoms with Gasteiger partial charge in [-0.05, 0) is 60.6 Å². The summed E-state index contributed by atoms with van der Waals surface area (Å²) in [4.78, 5) is 27.7. The first-order valence-electron chi connectivity index (χ1n) is 12.6. The summed E-state index contributed by atoms with van der Waals surface area (Å²) in [7, 11) is 1.61. The van der Waals surface area contributed by atoms with E-state index in [1.165, 1.54) is 21.6 Å². The molecule has 0 aromatic heterocycles. The van der Waals surface area contributed by atoms with Crippen LogP contribution in [-0.4, -0.2) is 42.3 Å². The predicted molar refractivity (Wildman–Crippen MR) is 142 cm³/mol. The molecule has 1 amide bonds. The molecule has 0 saturated carbocycles. The van der Waals surface area contributed by atoms with Crippen molar-refractivity contribution >= 4 is 12.1 Å². The Bertz CT molecular complexity index is 1180. The van der Waals surface area contributed by atoms with Crippen LogP contribution >= 0.6 is 0 Å². The maximum absolute atomic E-state index is 13.2. The number of fused-ring (bicyclic) bond motifs is 3. The van der Waals surface area contributed by atoms with Crippen LogP contribution in [0.4, 0.5) is 4.79 Å². The highest BCUT2D eigenvalue weighted by atomic mass is 16.6. The molecule has 5 heteroatoms. The Kier molecular flexibility index (Phi) is 7.48. The Hall–Kier alpha value is -3.60. The first-order chi connectivity index (χ1) is 17.2. The van der Waals surface area contributed by atoms with E-state index in [9.17, 15) is 9.59 Å². The SMILES string of the molecule is CCc1ccc(CC(C(=O)OC(C)(C)C)N(C)C(=O)OCC2c3ccccc3-c3ccccc32)cc1. The number of hydrogen-bond acceptors (Lipinski definition) is 4. The Balaban J connectivity index is 1.51. The number of benzene rings is 3. The van der Waals surface area contributed by atoms with Crippen molar-refractivity contribution in [2.75, 3.05) is 13.7 Å². The van der Waals surface area contributed by atoms with Gasteiger partial charge in [-0.15, -0.1) is 0 Å². The van der Waals surface area contributed by atoms with Crippen LogP contribution in [0.2, 0.25) is 0 Å². The molecular weight excluding hydrogens is 450 g/mol. The van der Waals surface area contributed by atoms with E-state index in [0.717, 1.165) is 23.1 Å². The number of ether oxygens (including phenoxy) is 2. The summed E-state index contributed by atoms with van der Waals surface area (Å²) >= 11 is 0. The van der Waals surface area contributed by atoms with Crippen LogP contribution in [0.1, 0.15) is 55.9 Å². The van der Waals surface area contributed by atoms with Crippen LogP contribution in [0.3, 0.4) is 0 Å². The molecule has 4 rings (SSSR count). The zero-order valence-electron chi connectivity index (χ0n) is 21.8. The minimum Gasteiger partial charge on any atom is -0.458 e. The standard InChI is InChI=1S/C31H35NO4/c1-6-21-15-17-22(18-16-21)19-28(29(33)36-31(2,3)4)32(5)30(34)35-20-27-25-13-9-7-11-23(25)24-12-8-10-14-26(24)27/h7-18,27-28H,6,19-20H2,1-5H3. The Labute approximate surface area is 214 Å². The van der Waals surface area contributed by atoms with E-state index in [1.54, 1.807) is 7.05 Å². The van der Waals surface area contributed by atoms with Gasteiger partial charge >= 0.3 is 12.1 Å². The Morgan fingerprint density at radius 2 is 1.39 bits per heavy atom. The summed E-state index contributed by atoms with van der Waals surface area (Å²) in [6.45, 7) is 7.77. The molecule has 0 saturated heterocycles. The van der Waals surface area contributed by atoms with E-state index < -0.39 is 23.7 Å². The quantitative estimate of drug-likeness (QED) is 0.364. The fourth-order valence-electron chi connectivity index (χ4n) is 4.71. The minimum atomic E-state index is -0.799. The van der Waals surface area contributed by atoms with Crippen molar-refractivity contribution in [3.8, 4) is 11.1 Å². The molecule has 1 aliphatic rings. The van der Waals surface area contributed by atoms with Crippen LogP contribution in [0, 0.1) is 0 Å². The fraction of sp³-hybridized carbons (Fsp3) is 0.355. The molecule has 5 nitrogen and oxygen atoms in total. The smallest absolute Gasteiger partial charge is 0.410 e. The van der Waals surface area contributed by atoms with Gasteiger partial charge in [-0.1, -0.05) is 79.7 Å². The lowest BCUT2D eigenvalue weighted by atomic mass is 9.98. The second kappa shape index (κ2) is 10.6. The third-order valence-electron chi connectivity index (χ3n) is 6.63. The maximum Gasteiger partial charge on any atom is 0.410 e. The average Bonchev–Trinajstić information content (AvgIpc) is 3.18. The molecule has 3 aromatic carbocycles. The highest BCUT2D eigenvalue weighted by Gasteiger charge is 2.34. The number of rotatable bonds is 7. The van der Waals surface area contributed by atoms with Gasteiger partial charge in [-0.2, -0.15) is 0 Å². The fourth-order valence-corrected chi connectivity index (χ4v) is 4.71. The lowest BCUT2D eigenvalue weighted by molar-refractivity contribution is -0.160. The molecule has 3 aromatic rings. The second-order valence-electron chi connectivity index (χ2n) is 10.3. The Morgan fingerprint density at radius 1 is 0.861 bits per heavy atom. The predicted octanol–water partition coefficient (Wildman–Crippen LogP) is 6.38. The van der Waals surface area contributed by atoms with E-state index in [1.807, 2.05) is 57.2 Å². The molecule has 0 radical (unpaired) electrons. The van der Waals surface area contributed by atoms with Gasteiger partial charge in [0, 0.05) is 19.4 Å². The van der Waals surface area contributed by atoms with E-state index >= 15 is 0 Å². The zero-order valence-corrected chi connectivity index (χ0v) is 21.8. The summed E-state index contributed by atoms with van der Waals surface area (Å²) in [5, 5.41) is 0. The molecular formula is C31H35NO4. The number of nitrogens with zero attached hydrogens (tertiary/aromatic N) is 1. The van der Waals surface area contributed by atoms with Crippen molar-refractivity contribution in [1.29, 1.82) is 0 Å². The van der Waals surface area contributed by atoms with Gasteiger partial charge in [0.25, 0.3) is 0 Å². The minimum absolute atomic E-state index is 0.0451. The average molecular weight is 486 g/mol. The van der Waals surface area contributed by atoms with Crippen LogP contribution in [0.15, 0.2) is 72.8 Å². The normalized spacial score (nSPS) is 13.5. The zero-order chi connectivity index (χ0) is 25.9. The summed E-state index contributed by atoms with van der Waals surface area (Å²) in [6, 6.07) is 23.7. The second-order valence-corrected chi connectivity index (χ2v) is 10.3. The van der Waals surface area contributed by atoms with Crippen molar-refractivity contribution in [3.63, 3.8) is 0 Å². The van der Waals surface area contributed by atoms with Crippen LogP contribution in [-0.2, 0) is 27.1 Å². The highest BCUT2D eigenvalue weighted by molar-refractivity contribution is 5.82. The molecule has 188 valence electrons. The third kappa shape index (κ3) is 5.62. The highest BCUT2D eigenvalue weighted by Crippen LogP contribution is 2.44.